The predicted molar refractivity (Wildman–Crippen MR) is 95.3 cm³/mol. The number of alkyl halides is 3. The zero-order valence-corrected chi connectivity index (χ0v) is 15.3. The lowest BCUT2D eigenvalue weighted by molar-refractivity contribution is -0.137. The van der Waals surface area contributed by atoms with E-state index in [1.807, 2.05) is 0 Å². The first-order valence-corrected chi connectivity index (χ1v) is 9.74. The van der Waals surface area contributed by atoms with Gasteiger partial charge in [0.25, 0.3) is 10.0 Å². The van der Waals surface area contributed by atoms with Gasteiger partial charge >= 0.3 is 6.18 Å². The fraction of sp³-hybridized carbons (Fsp3) is 0.235. The van der Waals surface area contributed by atoms with Crippen LogP contribution < -0.4 is 9.62 Å². The quantitative estimate of drug-likeness (QED) is 0.805. The molecule has 0 atom stereocenters. The van der Waals surface area contributed by atoms with E-state index in [-0.39, 0.29) is 21.5 Å². The van der Waals surface area contributed by atoms with Crippen molar-refractivity contribution in [2.45, 2.75) is 23.9 Å². The monoisotopic (exact) mass is 418 g/mol. The highest BCUT2D eigenvalue weighted by atomic mass is 35.5. The van der Waals surface area contributed by atoms with Crippen molar-refractivity contribution in [3.63, 3.8) is 0 Å². The number of anilines is 2. The molecular formula is C17H14ClF3N2O3S. The molecule has 2 aromatic carbocycles. The molecule has 1 saturated heterocycles. The Kier molecular flexibility index (Phi) is 5.09. The van der Waals surface area contributed by atoms with E-state index in [0.717, 1.165) is 18.6 Å². The third-order valence-corrected chi connectivity index (χ3v) is 5.77. The fourth-order valence-corrected chi connectivity index (χ4v) is 4.07. The highest BCUT2D eigenvalue weighted by Gasteiger charge is 2.31. The molecule has 1 amide bonds. The molecule has 144 valence electrons. The van der Waals surface area contributed by atoms with Crippen molar-refractivity contribution in [3.05, 3.63) is 53.1 Å². The smallest absolute Gasteiger partial charge is 0.312 e. The van der Waals surface area contributed by atoms with E-state index in [1.54, 1.807) is 4.90 Å². The van der Waals surface area contributed by atoms with Crippen LogP contribution in [0.4, 0.5) is 24.5 Å². The van der Waals surface area contributed by atoms with Crippen LogP contribution in [0.25, 0.3) is 0 Å². The number of benzene rings is 2. The molecular weight excluding hydrogens is 405 g/mol. The van der Waals surface area contributed by atoms with E-state index in [0.29, 0.717) is 24.7 Å². The molecule has 1 aliphatic heterocycles. The van der Waals surface area contributed by atoms with Crippen LogP contribution in [0.5, 0.6) is 0 Å². The van der Waals surface area contributed by atoms with Crippen molar-refractivity contribution in [2.75, 3.05) is 16.2 Å². The van der Waals surface area contributed by atoms with Crippen LogP contribution in [0.3, 0.4) is 0 Å². The molecule has 10 heteroatoms. The molecule has 1 aliphatic rings. The van der Waals surface area contributed by atoms with Crippen molar-refractivity contribution in [3.8, 4) is 0 Å². The van der Waals surface area contributed by atoms with Crippen LogP contribution in [-0.2, 0) is 21.0 Å². The van der Waals surface area contributed by atoms with Crippen molar-refractivity contribution in [1.29, 1.82) is 0 Å². The third kappa shape index (κ3) is 4.19. The topological polar surface area (TPSA) is 66.5 Å². The minimum absolute atomic E-state index is 0.0275. The molecule has 1 N–H and O–H groups in total. The van der Waals surface area contributed by atoms with Crippen LogP contribution in [0, 0.1) is 0 Å². The number of carbonyl (C=O) groups is 1. The predicted octanol–water partition coefficient (Wildman–Crippen LogP) is 4.29. The molecule has 0 saturated carbocycles. The first-order chi connectivity index (χ1) is 12.6. The summed E-state index contributed by atoms with van der Waals surface area (Å²) in [5.74, 6) is -0.0275. The largest absolute Gasteiger partial charge is 0.416 e. The SMILES string of the molecule is O=C1CCCN1c1ccc(S(=O)(=O)Nc2ccc(C(F)(F)F)cc2Cl)cc1. The summed E-state index contributed by atoms with van der Waals surface area (Å²) in [7, 11) is -4.06. The molecule has 0 spiro atoms. The van der Waals surface area contributed by atoms with Crippen LogP contribution in [-0.4, -0.2) is 20.9 Å². The van der Waals surface area contributed by atoms with Gasteiger partial charge in [-0.15, -0.1) is 0 Å². The van der Waals surface area contributed by atoms with Gasteiger partial charge in [0.05, 0.1) is 21.2 Å². The number of carbonyl (C=O) groups excluding carboxylic acids is 1. The minimum atomic E-state index is -4.58. The van der Waals surface area contributed by atoms with Crippen LogP contribution in [0.15, 0.2) is 47.4 Å². The van der Waals surface area contributed by atoms with Gasteiger partial charge in [-0.25, -0.2) is 8.42 Å². The number of hydrogen-bond acceptors (Lipinski definition) is 3. The molecule has 3 rings (SSSR count). The lowest BCUT2D eigenvalue weighted by Crippen LogP contribution is -2.23. The summed E-state index contributed by atoms with van der Waals surface area (Å²) < 4.78 is 65.1. The minimum Gasteiger partial charge on any atom is -0.312 e. The molecule has 1 fully saturated rings. The Morgan fingerprint density at radius 1 is 1.07 bits per heavy atom. The normalized spacial score (nSPS) is 15.3. The Morgan fingerprint density at radius 2 is 1.74 bits per heavy atom. The van der Waals surface area contributed by atoms with Gasteiger partial charge in [0, 0.05) is 18.7 Å². The number of halogens is 4. The second kappa shape index (κ2) is 7.05. The second-order valence-electron chi connectivity index (χ2n) is 5.94. The van der Waals surface area contributed by atoms with Gasteiger partial charge in [-0.3, -0.25) is 9.52 Å². The summed E-state index contributed by atoms with van der Waals surface area (Å²) in [6, 6.07) is 8.01. The molecule has 2 aromatic rings. The van der Waals surface area contributed by atoms with Gasteiger partial charge in [0.15, 0.2) is 0 Å². The van der Waals surface area contributed by atoms with Gasteiger partial charge < -0.3 is 4.90 Å². The summed E-state index contributed by atoms with van der Waals surface area (Å²) in [5.41, 5.74) is -0.553. The zero-order chi connectivity index (χ0) is 19.8. The molecule has 1 heterocycles. The average Bonchev–Trinajstić information content (AvgIpc) is 3.02. The number of nitrogens with one attached hydrogen (secondary N) is 1. The Balaban J connectivity index is 1.82. The third-order valence-electron chi connectivity index (χ3n) is 4.07. The van der Waals surface area contributed by atoms with E-state index in [4.69, 9.17) is 11.6 Å². The van der Waals surface area contributed by atoms with E-state index >= 15 is 0 Å². The molecule has 0 aliphatic carbocycles. The maximum atomic E-state index is 12.7. The highest BCUT2D eigenvalue weighted by Crippen LogP contribution is 2.34. The Labute approximate surface area is 158 Å². The summed E-state index contributed by atoms with van der Waals surface area (Å²) in [6.45, 7) is 0.574. The summed E-state index contributed by atoms with van der Waals surface area (Å²) in [5, 5.41) is -0.368. The number of nitrogens with zero attached hydrogens (tertiary/aromatic N) is 1. The van der Waals surface area contributed by atoms with Crippen LogP contribution in [0.2, 0.25) is 5.02 Å². The van der Waals surface area contributed by atoms with Crippen molar-refractivity contribution in [1.82, 2.24) is 0 Å². The van der Waals surface area contributed by atoms with Crippen LogP contribution >= 0.6 is 11.6 Å². The number of amides is 1. The molecule has 0 bridgehead atoms. The van der Waals surface area contributed by atoms with E-state index in [1.165, 1.54) is 24.3 Å². The van der Waals surface area contributed by atoms with Crippen LogP contribution in [0.1, 0.15) is 18.4 Å². The van der Waals surface area contributed by atoms with E-state index < -0.39 is 21.8 Å². The van der Waals surface area contributed by atoms with Crippen molar-refractivity contribution in [2.24, 2.45) is 0 Å². The van der Waals surface area contributed by atoms with Crippen molar-refractivity contribution < 1.29 is 26.4 Å². The lowest BCUT2D eigenvalue weighted by Gasteiger charge is -2.16. The van der Waals surface area contributed by atoms with Gasteiger partial charge in [-0.1, -0.05) is 11.6 Å². The Morgan fingerprint density at radius 3 is 2.26 bits per heavy atom. The van der Waals surface area contributed by atoms with E-state index in [2.05, 4.69) is 4.72 Å². The molecule has 0 aromatic heterocycles. The molecule has 0 unspecified atom stereocenters. The summed E-state index contributed by atoms with van der Waals surface area (Å²) >= 11 is 5.79. The van der Waals surface area contributed by atoms with E-state index in [9.17, 15) is 26.4 Å². The van der Waals surface area contributed by atoms with Gasteiger partial charge in [0.1, 0.15) is 0 Å². The summed E-state index contributed by atoms with van der Waals surface area (Å²) in [6.07, 6.45) is -3.38. The van der Waals surface area contributed by atoms with Crippen molar-refractivity contribution >= 4 is 38.9 Å². The molecule has 0 radical (unpaired) electrons. The number of sulfonamides is 1. The Hall–Kier alpha value is -2.26. The first kappa shape index (κ1) is 19.5. The van der Waals surface area contributed by atoms with Gasteiger partial charge in [0.2, 0.25) is 5.91 Å². The fourth-order valence-electron chi connectivity index (χ4n) is 2.70. The Bertz CT molecular complexity index is 976. The molecule has 5 nitrogen and oxygen atoms in total. The lowest BCUT2D eigenvalue weighted by atomic mass is 10.2. The van der Waals surface area contributed by atoms with Gasteiger partial charge in [-0.05, 0) is 48.9 Å². The average molecular weight is 419 g/mol. The molecule has 27 heavy (non-hydrogen) atoms. The highest BCUT2D eigenvalue weighted by molar-refractivity contribution is 7.92. The zero-order valence-electron chi connectivity index (χ0n) is 13.8. The maximum Gasteiger partial charge on any atom is 0.416 e. The number of hydrogen-bond donors (Lipinski definition) is 1. The summed E-state index contributed by atoms with van der Waals surface area (Å²) in [4.78, 5) is 13.2. The maximum absolute atomic E-state index is 12.7. The second-order valence-corrected chi connectivity index (χ2v) is 8.03. The first-order valence-electron chi connectivity index (χ1n) is 7.88. The van der Waals surface area contributed by atoms with Gasteiger partial charge in [-0.2, -0.15) is 13.2 Å². The standard InChI is InChI=1S/C17H14ClF3N2O3S/c18-14-10-11(17(19,20)21)3-8-15(14)22-27(25,26)13-6-4-12(5-7-13)23-9-1-2-16(23)24/h3-8,10,22H,1-2,9H2. The number of rotatable bonds is 4.